The Morgan fingerprint density at radius 2 is 2.05 bits per heavy atom. The first kappa shape index (κ1) is 13.7. The minimum Gasteiger partial charge on any atom is -0.350 e. The van der Waals surface area contributed by atoms with Crippen LogP contribution < -0.4 is 0 Å². The number of para-hydroxylation sites is 1. The number of aromatic nitrogens is 1. The van der Waals surface area contributed by atoms with E-state index in [9.17, 15) is 9.59 Å². The summed E-state index contributed by atoms with van der Waals surface area (Å²) in [5.41, 5.74) is 2.03. The number of thioether (sulfide) groups is 1. The number of fused-ring (bicyclic) bond motifs is 1. The fourth-order valence-electron chi connectivity index (χ4n) is 2.42. The number of nitrogens with zero attached hydrogens (tertiary/aromatic N) is 2. The number of imide groups is 1. The van der Waals surface area contributed by atoms with Gasteiger partial charge in [0.05, 0.1) is 4.91 Å². The van der Waals surface area contributed by atoms with Gasteiger partial charge >= 0.3 is 0 Å². The fourth-order valence-corrected chi connectivity index (χ4v) is 3.25. The fraction of sp³-hybridized carbons (Fsp3) is 0.125. The Bertz CT molecular complexity index is 789. The minimum absolute atomic E-state index is 0.244. The molecular weight excluding hydrogens is 284 g/mol. The lowest BCUT2D eigenvalue weighted by atomic mass is 10.1. The second-order valence-electron chi connectivity index (χ2n) is 4.79. The quantitative estimate of drug-likeness (QED) is 0.644. The van der Waals surface area contributed by atoms with Gasteiger partial charge in [-0.25, -0.2) is 0 Å². The average Bonchev–Trinajstić information content (AvgIpc) is 2.93. The van der Waals surface area contributed by atoms with Crippen molar-refractivity contribution < 1.29 is 9.59 Å². The third-order valence-electron chi connectivity index (χ3n) is 3.40. The number of aryl methyl sites for hydroxylation is 1. The summed E-state index contributed by atoms with van der Waals surface area (Å²) in [4.78, 5) is 25.7. The van der Waals surface area contributed by atoms with E-state index in [0.717, 1.165) is 28.2 Å². The van der Waals surface area contributed by atoms with Crippen LogP contribution in [0.1, 0.15) is 5.56 Å². The molecule has 2 heterocycles. The smallest absolute Gasteiger partial charge is 0.293 e. The monoisotopic (exact) mass is 298 g/mol. The van der Waals surface area contributed by atoms with Crippen molar-refractivity contribution in [2.45, 2.75) is 0 Å². The summed E-state index contributed by atoms with van der Waals surface area (Å²) in [7, 11) is 1.96. The van der Waals surface area contributed by atoms with Crippen molar-refractivity contribution in [3.63, 3.8) is 0 Å². The molecule has 1 aliphatic heterocycles. The third kappa shape index (κ3) is 2.29. The standard InChI is InChI=1S/C16H14N2O2S/c1-3-8-18-15(19)14(21-16(18)20)9-11-10-17(2)13-7-5-4-6-12(11)13/h3-7,9-10H,1,8H2,2H3/b14-9+. The Morgan fingerprint density at radius 1 is 1.29 bits per heavy atom. The zero-order valence-electron chi connectivity index (χ0n) is 11.6. The van der Waals surface area contributed by atoms with E-state index in [-0.39, 0.29) is 17.7 Å². The van der Waals surface area contributed by atoms with E-state index < -0.39 is 0 Å². The van der Waals surface area contributed by atoms with Gasteiger partial charge in [0.1, 0.15) is 0 Å². The molecule has 0 radical (unpaired) electrons. The maximum Gasteiger partial charge on any atom is 0.293 e. The van der Waals surface area contributed by atoms with Gasteiger partial charge in [-0.2, -0.15) is 0 Å². The maximum atomic E-state index is 12.2. The molecule has 0 atom stereocenters. The molecule has 0 unspecified atom stereocenters. The van der Waals surface area contributed by atoms with Gasteiger partial charge in [-0.3, -0.25) is 14.5 Å². The van der Waals surface area contributed by atoms with E-state index in [2.05, 4.69) is 6.58 Å². The van der Waals surface area contributed by atoms with Crippen molar-refractivity contribution in [2.75, 3.05) is 6.54 Å². The number of hydrogen-bond acceptors (Lipinski definition) is 3. The molecule has 1 aromatic carbocycles. The topological polar surface area (TPSA) is 42.3 Å². The molecule has 3 rings (SSSR count). The van der Waals surface area contributed by atoms with Crippen LogP contribution in [0, 0.1) is 0 Å². The van der Waals surface area contributed by atoms with Gasteiger partial charge in [0.2, 0.25) is 0 Å². The Balaban J connectivity index is 2.03. The summed E-state index contributed by atoms with van der Waals surface area (Å²) in [5, 5.41) is 0.821. The zero-order valence-corrected chi connectivity index (χ0v) is 12.4. The predicted molar refractivity (Wildman–Crippen MR) is 85.8 cm³/mol. The van der Waals surface area contributed by atoms with Crippen molar-refractivity contribution in [2.24, 2.45) is 7.05 Å². The molecule has 1 fully saturated rings. The number of hydrogen-bond donors (Lipinski definition) is 0. The van der Waals surface area contributed by atoms with E-state index in [1.165, 1.54) is 4.90 Å². The third-order valence-corrected chi connectivity index (χ3v) is 4.31. The highest BCUT2D eigenvalue weighted by atomic mass is 32.2. The summed E-state index contributed by atoms with van der Waals surface area (Å²) < 4.78 is 2.01. The van der Waals surface area contributed by atoms with Gasteiger partial charge in [-0.1, -0.05) is 24.3 Å². The van der Waals surface area contributed by atoms with Crippen molar-refractivity contribution in [1.29, 1.82) is 0 Å². The van der Waals surface area contributed by atoms with Crippen molar-refractivity contribution >= 4 is 39.9 Å². The van der Waals surface area contributed by atoms with Crippen molar-refractivity contribution in [3.05, 3.63) is 53.6 Å². The van der Waals surface area contributed by atoms with Crippen LogP contribution in [0.2, 0.25) is 0 Å². The molecule has 0 saturated carbocycles. The van der Waals surface area contributed by atoms with Crippen LogP contribution in [0.3, 0.4) is 0 Å². The average molecular weight is 298 g/mol. The van der Waals surface area contributed by atoms with Gasteiger partial charge in [0.25, 0.3) is 11.1 Å². The van der Waals surface area contributed by atoms with E-state index in [1.54, 1.807) is 12.2 Å². The number of amides is 2. The summed E-state index contributed by atoms with van der Waals surface area (Å²) in [6, 6.07) is 7.97. The normalized spacial score (nSPS) is 17.2. The molecule has 5 heteroatoms. The first-order valence-electron chi connectivity index (χ1n) is 6.52. The van der Waals surface area contributed by atoms with E-state index >= 15 is 0 Å². The highest BCUT2D eigenvalue weighted by molar-refractivity contribution is 8.18. The lowest BCUT2D eigenvalue weighted by molar-refractivity contribution is -0.122. The molecule has 0 spiro atoms. The molecule has 0 N–H and O–H groups in total. The second-order valence-corrected chi connectivity index (χ2v) is 5.79. The van der Waals surface area contributed by atoms with Gasteiger partial charge in [-0.15, -0.1) is 6.58 Å². The predicted octanol–water partition coefficient (Wildman–Crippen LogP) is 3.40. The van der Waals surface area contributed by atoms with Crippen LogP contribution in [0.4, 0.5) is 4.79 Å². The molecule has 2 aromatic rings. The first-order chi connectivity index (χ1) is 10.1. The lowest BCUT2D eigenvalue weighted by Gasteiger charge is -2.07. The van der Waals surface area contributed by atoms with Crippen LogP contribution in [-0.4, -0.2) is 27.2 Å². The molecule has 106 valence electrons. The number of carbonyl (C=O) groups is 2. The molecule has 0 aliphatic carbocycles. The van der Waals surface area contributed by atoms with Crippen molar-refractivity contribution in [3.8, 4) is 0 Å². The number of benzene rings is 1. The molecule has 4 nitrogen and oxygen atoms in total. The molecule has 21 heavy (non-hydrogen) atoms. The largest absolute Gasteiger partial charge is 0.350 e. The summed E-state index contributed by atoms with van der Waals surface area (Å²) in [6.45, 7) is 3.82. The van der Waals surface area contributed by atoms with Crippen LogP contribution >= 0.6 is 11.8 Å². The van der Waals surface area contributed by atoms with Gasteiger partial charge in [0.15, 0.2) is 0 Å². The SMILES string of the molecule is C=CCN1C(=O)S/C(=C/c2cn(C)c3ccccc23)C1=O. The Morgan fingerprint density at radius 3 is 2.81 bits per heavy atom. The molecule has 1 aliphatic rings. The lowest BCUT2D eigenvalue weighted by Crippen LogP contribution is -2.27. The van der Waals surface area contributed by atoms with Gasteiger partial charge < -0.3 is 4.57 Å². The second kappa shape index (κ2) is 5.26. The number of carbonyl (C=O) groups excluding carboxylic acids is 2. The van der Waals surface area contributed by atoms with Crippen molar-refractivity contribution in [1.82, 2.24) is 9.47 Å². The maximum absolute atomic E-state index is 12.2. The van der Waals surface area contributed by atoms with Crippen LogP contribution in [0.25, 0.3) is 17.0 Å². The van der Waals surface area contributed by atoms with Crippen LogP contribution in [0.15, 0.2) is 48.0 Å². The van der Waals surface area contributed by atoms with Gasteiger partial charge in [-0.05, 0) is 23.9 Å². The molecule has 1 saturated heterocycles. The Hall–Kier alpha value is -2.27. The molecule has 2 amide bonds. The minimum atomic E-state index is -0.252. The highest BCUT2D eigenvalue weighted by Gasteiger charge is 2.34. The number of rotatable bonds is 3. The Kier molecular flexibility index (Phi) is 3.43. The summed E-state index contributed by atoms with van der Waals surface area (Å²) >= 11 is 0.976. The first-order valence-corrected chi connectivity index (χ1v) is 7.34. The van der Waals surface area contributed by atoms with E-state index in [4.69, 9.17) is 0 Å². The highest BCUT2D eigenvalue weighted by Crippen LogP contribution is 2.33. The van der Waals surface area contributed by atoms with E-state index in [0.29, 0.717) is 4.91 Å². The summed E-state index contributed by atoms with van der Waals surface area (Å²) in [6.07, 6.45) is 5.31. The molecular formula is C16H14N2O2S. The van der Waals surface area contributed by atoms with E-state index in [1.807, 2.05) is 42.1 Å². The zero-order chi connectivity index (χ0) is 15.0. The molecule has 1 aromatic heterocycles. The van der Waals surface area contributed by atoms with Crippen LogP contribution in [-0.2, 0) is 11.8 Å². The van der Waals surface area contributed by atoms with Gasteiger partial charge in [0, 0.05) is 36.3 Å². The molecule has 0 bridgehead atoms. The summed E-state index contributed by atoms with van der Waals surface area (Å²) in [5.74, 6) is -0.252. The van der Waals surface area contributed by atoms with Crippen LogP contribution in [0.5, 0.6) is 0 Å². The Labute approximate surface area is 126 Å².